The first kappa shape index (κ1) is 17.0. The Hall–Kier alpha value is -0.330. The van der Waals surface area contributed by atoms with Crippen molar-refractivity contribution >= 4 is 5.78 Å². The van der Waals surface area contributed by atoms with Crippen molar-refractivity contribution in [2.75, 3.05) is 0 Å². The molecule has 2 rings (SSSR count). The fourth-order valence-electron chi connectivity index (χ4n) is 5.88. The first-order valence-corrected chi connectivity index (χ1v) is 9.26. The molecular formula is C20H36O. The topological polar surface area (TPSA) is 17.1 Å². The van der Waals surface area contributed by atoms with Crippen LogP contribution >= 0.6 is 0 Å². The number of rotatable bonds is 5. The second-order valence-electron chi connectivity index (χ2n) is 9.22. The van der Waals surface area contributed by atoms with Crippen molar-refractivity contribution in [1.82, 2.24) is 0 Å². The highest BCUT2D eigenvalue weighted by Crippen LogP contribution is 2.58. The highest BCUT2D eigenvalue weighted by Gasteiger charge is 2.54. The van der Waals surface area contributed by atoms with Crippen LogP contribution in [0.15, 0.2) is 0 Å². The van der Waals surface area contributed by atoms with Gasteiger partial charge in [0.05, 0.1) is 0 Å². The summed E-state index contributed by atoms with van der Waals surface area (Å²) >= 11 is 0. The zero-order valence-corrected chi connectivity index (χ0v) is 15.1. The Bertz CT molecular complexity index is 370. The van der Waals surface area contributed by atoms with E-state index in [2.05, 4.69) is 41.5 Å². The summed E-state index contributed by atoms with van der Waals surface area (Å²) in [5, 5.41) is 0. The third-order valence-corrected chi connectivity index (χ3v) is 6.35. The molecule has 0 N–H and O–H groups in total. The van der Waals surface area contributed by atoms with E-state index in [0.29, 0.717) is 23.0 Å². The van der Waals surface area contributed by atoms with Crippen LogP contribution in [0.5, 0.6) is 0 Å². The van der Waals surface area contributed by atoms with Crippen LogP contribution in [0.3, 0.4) is 0 Å². The minimum Gasteiger partial charge on any atom is -0.299 e. The second kappa shape index (κ2) is 6.42. The van der Waals surface area contributed by atoms with Crippen LogP contribution in [0, 0.1) is 40.9 Å². The van der Waals surface area contributed by atoms with Gasteiger partial charge < -0.3 is 0 Å². The number of fused-ring (bicyclic) bond motifs is 1. The average Bonchev–Trinajstić information content (AvgIpc) is 2.64. The van der Waals surface area contributed by atoms with E-state index in [9.17, 15) is 4.79 Å². The molecule has 5 unspecified atom stereocenters. The lowest BCUT2D eigenvalue weighted by atomic mass is 9.58. The predicted molar refractivity (Wildman–Crippen MR) is 90.1 cm³/mol. The van der Waals surface area contributed by atoms with E-state index in [1.807, 2.05) is 0 Å². The van der Waals surface area contributed by atoms with Crippen molar-refractivity contribution in [3.63, 3.8) is 0 Å². The minimum atomic E-state index is 0.295. The maximum absolute atomic E-state index is 12.7. The lowest BCUT2D eigenvalue weighted by Gasteiger charge is -2.46. The molecule has 21 heavy (non-hydrogen) atoms. The molecule has 1 heteroatoms. The highest BCUT2D eigenvalue weighted by atomic mass is 16.1. The summed E-state index contributed by atoms with van der Waals surface area (Å²) in [7, 11) is 0. The zero-order valence-electron chi connectivity index (χ0n) is 15.1. The molecule has 0 aromatic rings. The number of hydrogen-bond donors (Lipinski definition) is 0. The van der Waals surface area contributed by atoms with Gasteiger partial charge in [0.1, 0.15) is 5.78 Å². The Morgan fingerprint density at radius 2 is 1.76 bits per heavy atom. The predicted octanol–water partition coefficient (Wildman–Crippen LogP) is 5.73. The van der Waals surface area contributed by atoms with E-state index in [4.69, 9.17) is 0 Å². The fraction of sp³-hybridized carbons (Fsp3) is 0.950. The van der Waals surface area contributed by atoms with Crippen LogP contribution in [0.2, 0.25) is 0 Å². The lowest BCUT2D eigenvalue weighted by Crippen LogP contribution is -2.43. The van der Waals surface area contributed by atoms with Gasteiger partial charge in [-0.1, -0.05) is 41.5 Å². The van der Waals surface area contributed by atoms with Crippen molar-refractivity contribution in [3.8, 4) is 0 Å². The molecule has 0 spiro atoms. The Morgan fingerprint density at radius 1 is 1.10 bits per heavy atom. The van der Waals surface area contributed by atoms with Crippen LogP contribution in [0.1, 0.15) is 80.1 Å². The summed E-state index contributed by atoms with van der Waals surface area (Å²) < 4.78 is 0. The molecule has 0 radical (unpaired) electrons. The van der Waals surface area contributed by atoms with Gasteiger partial charge in [-0.3, -0.25) is 4.79 Å². The second-order valence-corrected chi connectivity index (χ2v) is 9.22. The van der Waals surface area contributed by atoms with Gasteiger partial charge in [0.2, 0.25) is 0 Å². The molecule has 1 nitrogen and oxygen atoms in total. The Balaban J connectivity index is 2.14. The standard InChI is InChI=1S/C20H36O/c1-13(2)9-15(5)17-7-8-18-19(21)11-16(10-14(3)4)12-20(17,18)6/h13-18H,7-12H2,1-6H3. The number of carbonyl (C=O) groups is 1. The molecule has 0 amide bonds. The molecule has 0 aromatic heterocycles. The third-order valence-electron chi connectivity index (χ3n) is 6.35. The first-order chi connectivity index (χ1) is 9.74. The largest absolute Gasteiger partial charge is 0.299 e. The van der Waals surface area contributed by atoms with E-state index >= 15 is 0 Å². The molecule has 0 aromatic carbocycles. The Labute approximate surface area is 132 Å². The normalized spacial score (nSPS) is 38.1. The monoisotopic (exact) mass is 292 g/mol. The molecule has 0 bridgehead atoms. The summed E-state index contributed by atoms with van der Waals surface area (Å²) in [5.74, 6) is 4.64. The maximum Gasteiger partial charge on any atom is 0.136 e. The highest BCUT2D eigenvalue weighted by molar-refractivity contribution is 5.83. The maximum atomic E-state index is 12.7. The van der Waals surface area contributed by atoms with Gasteiger partial charge in [0.15, 0.2) is 0 Å². The van der Waals surface area contributed by atoms with Gasteiger partial charge in [-0.15, -0.1) is 0 Å². The van der Waals surface area contributed by atoms with Crippen molar-refractivity contribution in [2.24, 2.45) is 40.9 Å². The van der Waals surface area contributed by atoms with Crippen LogP contribution < -0.4 is 0 Å². The van der Waals surface area contributed by atoms with Gasteiger partial charge >= 0.3 is 0 Å². The van der Waals surface area contributed by atoms with Crippen molar-refractivity contribution < 1.29 is 4.79 Å². The summed E-state index contributed by atoms with van der Waals surface area (Å²) in [6.45, 7) is 14.2. The van der Waals surface area contributed by atoms with E-state index < -0.39 is 0 Å². The number of hydrogen-bond acceptors (Lipinski definition) is 1. The number of carbonyl (C=O) groups excluding carboxylic acids is 1. The number of Topliss-reactive ketones (excluding diaryl/α,β-unsaturated/α-hetero) is 1. The third kappa shape index (κ3) is 3.54. The molecule has 2 fully saturated rings. The molecule has 2 aliphatic carbocycles. The van der Waals surface area contributed by atoms with Crippen molar-refractivity contribution in [1.29, 1.82) is 0 Å². The lowest BCUT2D eigenvalue weighted by molar-refractivity contribution is -0.133. The summed E-state index contributed by atoms with van der Waals surface area (Å²) in [4.78, 5) is 12.7. The van der Waals surface area contributed by atoms with E-state index in [1.165, 1.54) is 25.7 Å². The van der Waals surface area contributed by atoms with Gasteiger partial charge in [-0.25, -0.2) is 0 Å². The summed E-state index contributed by atoms with van der Waals surface area (Å²) in [6.07, 6.45) is 7.17. The molecule has 5 atom stereocenters. The van der Waals surface area contributed by atoms with Crippen LogP contribution in [0.4, 0.5) is 0 Å². The van der Waals surface area contributed by atoms with Crippen molar-refractivity contribution in [3.05, 3.63) is 0 Å². The quantitative estimate of drug-likeness (QED) is 0.632. The smallest absolute Gasteiger partial charge is 0.136 e. The van der Waals surface area contributed by atoms with Gasteiger partial charge in [-0.05, 0) is 67.1 Å². The summed E-state index contributed by atoms with van der Waals surface area (Å²) in [6, 6.07) is 0. The Morgan fingerprint density at radius 3 is 2.33 bits per heavy atom. The molecule has 122 valence electrons. The molecule has 0 heterocycles. The molecule has 2 aliphatic rings. The van der Waals surface area contributed by atoms with E-state index in [0.717, 1.165) is 36.5 Å². The molecule has 0 aliphatic heterocycles. The fourth-order valence-corrected chi connectivity index (χ4v) is 5.88. The van der Waals surface area contributed by atoms with Gasteiger partial charge in [0.25, 0.3) is 0 Å². The minimum absolute atomic E-state index is 0.295. The van der Waals surface area contributed by atoms with Gasteiger partial charge in [0, 0.05) is 12.3 Å². The average molecular weight is 293 g/mol. The SMILES string of the molecule is CC(C)CC1CC(=O)C2CCC(C(C)CC(C)C)C2(C)C1. The Kier molecular flexibility index (Phi) is 5.21. The summed E-state index contributed by atoms with van der Waals surface area (Å²) in [5.41, 5.74) is 0.295. The zero-order chi connectivity index (χ0) is 15.8. The van der Waals surface area contributed by atoms with Gasteiger partial charge in [-0.2, -0.15) is 0 Å². The first-order valence-electron chi connectivity index (χ1n) is 9.26. The van der Waals surface area contributed by atoms with Crippen LogP contribution in [0.25, 0.3) is 0 Å². The van der Waals surface area contributed by atoms with Crippen LogP contribution in [-0.2, 0) is 4.79 Å². The molecule has 2 saturated carbocycles. The van der Waals surface area contributed by atoms with Crippen molar-refractivity contribution in [2.45, 2.75) is 80.1 Å². The molecular weight excluding hydrogens is 256 g/mol. The molecule has 0 saturated heterocycles. The van der Waals surface area contributed by atoms with E-state index in [1.54, 1.807) is 0 Å². The van der Waals surface area contributed by atoms with E-state index in [-0.39, 0.29) is 0 Å². The number of ketones is 1. The van der Waals surface area contributed by atoms with Crippen LogP contribution in [-0.4, -0.2) is 5.78 Å².